The molecule has 2 aromatic rings. The molecule has 0 bridgehead atoms. The first-order chi connectivity index (χ1) is 14.4. The number of halogens is 1. The van der Waals surface area contributed by atoms with Crippen LogP contribution in [-0.2, 0) is 9.59 Å². The van der Waals surface area contributed by atoms with Gasteiger partial charge in [-0.05, 0) is 43.3 Å². The molecule has 1 atom stereocenters. The van der Waals surface area contributed by atoms with Gasteiger partial charge in [-0.1, -0.05) is 6.07 Å². The number of benzene rings is 2. The van der Waals surface area contributed by atoms with Crippen molar-refractivity contribution in [1.82, 2.24) is 0 Å². The molecule has 1 aliphatic rings. The average Bonchev–Trinajstić information content (AvgIpc) is 2.75. The second kappa shape index (κ2) is 10.2. The predicted molar refractivity (Wildman–Crippen MR) is 112 cm³/mol. The van der Waals surface area contributed by atoms with Crippen LogP contribution in [-0.4, -0.2) is 57.7 Å². The molecule has 1 saturated heterocycles. The Bertz CT molecular complexity index is 867. The zero-order chi connectivity index (χ0) is 21.5. The Morgan fingerprint density at radius 1 is 1.03 bits per heavy atom. The summed E-state index contributed by atoms with van der Waals surface area (Å²) in [5, 5.41) is 5.75. The number of piperazine rings is 1. The fourth-order valence-corrected chi connectivity index (χ4v) is 3.64. The molecule has 8 heteroatoms. The quantitative estimate of drug-likeness (QED) is 0.496. The van der Waals surface area contributed by atoms with Gasteiger partial charge in [0.05, 0.1) is 7.11 Å². The summed E-state index contributed by atoms with van der Waals surface area (Å²) in [6, 6.07) is 12.9. The number of carbonyl (C=O) groups excluding carboxylic acids is 2. The van der Waals surface area contributed by atoms with Crippen molar-refractivity contribution in [2.75, 3.05) is 50.5 Å². The van der Waals surface area contributed by atoms with E-state index in [4.69, 9.17) is 4.74 Å². The van der Waals surface area contributed by atoms with Gasteiger partial charge in [0.2, 0.25) is 0 Å². The van der Waals surface area contributed by atoms with Crippen molar-refractivity contribution >= 4 is 23.2 Å². The van der Waals surface area contributed by atoms with Crippen LogP contribution in [0.1, 0.15) is 6.92 Å². The Labute approximate surface area is 175 Å². The summed E-state index contributed by atoms with van der Waals surface area (Å²) in [6.07, 6.45) is 0. The molecule has 0 radical (unpaired) electrons. The second-order valence-electron chi connectivity index (χ2n) is 7.58. The summed E-state index contributed by atoms with van der Waals surface area (Å²) < 4.78 is 18.1. The summed E-state index contributed by atoms with van der Waals surface area (Å²) in [5.74, 6) is 0.242. The van der Waals surface area contributed by atoms with Gasteiger partial charge in [-0.15, -0.1) is 0 Å². The van der Waals surface area contributed by atoms with E-state index in [9.17, 15) is 14.0 Å². The standard InChI is InChI=1S/C22H27FN4O3/c1-16(22(29)25-19-4-3-5-20(14-19)30-2)27-12-10-26(11-13-27)15-21(28)24-18-8-6-17(23)7-9-18/h3-9,14,16H,10-13,15H2,1-2H3,(H,24,28)(H,25,29)/p+2/t16-/m0/s1. The first kappa shape index (κ1) is 21.7. The maximum absolute atomic E-state index is 13.0. The molecule has 1 heterocycles. The van der Waals surface area contributed by atoms with E-state index < -0.39 is 0 Å². The van der Waals surface area contributed by atoms with E-state index in [1.807, 2.05) is 25.1 Å². The molecule has 0 aliphatic carbocycles. The lowest BCUT2D eigenvalue weighted by atomic mass is 10.2. The molecular weight excluding hydrogens is 387 g/mol. The van der Waals surface area contributed by atoms with Crippen molar-refractivity contribution in [2.45, 2.75) is 13.0 Å². The Morgan fingerprint density at radius 3 is 2.40 bits per heavy atom. The van der Waals surface area contributed by atoms with E-state index in [0.29, 0.717) is 23.7 Å². The Hall–Kier alpha value is -2.97. The maximum Gasteiger partial charge on any atom is 0.282 e. The third-order valence-corrected chi connectivity index (χ3v) is 5.48. The van der Waals surface area contributed by atoms with Crippen LogP contribution in [0.25, 0.3) is 0 Å². The second-order valence-corrected chi connectivity index (χ2v) is 7.58. The van der Waals surface area contributed by atoms with E-state index in [1.54, 1.807) is 25.3 Å². The first-order valence-electron chi connectivity index (χ1n) is 10.1. The van der Waals surface area contributed by atoms with Gasteiger partial charge in [0.15, 0.2) is 12.6 Å². The van der Waals surface area contributed by atoms with Crippen LogP contribution < -0.4 is 25.2 Å². The van der Waals surface area contributed by atoms with E-state index in [-0.39, 0.29) is 23.7 Å². The zero-order valence-corrected chi connectivity index (χ0v) is 17.3. The van der Waals surface area contributed by atoms with Crippen LogP contribution in [0.3, 0.4) is 0 Å². The lowest BCUT2D eigenvalue weighted by Crippen LogP contribution is -3.30. The molecule has 30 heavy (non-hydrogen) atoms. The van der Waals surface area contributed by atoms with Crippen LogP contribution in [0.4, 0.5) is 15.8 Å². The number of carbonyl (C=O) groups is 2. The largest absolute Gasteiger partial charge is 0.497 e. The monoisotopic (exact) mass is 416 g/mol. The number of hydrogen-bond donors (Lipinski definition) is 4. The van der Waals surface area contributed by atoms with Gasteiger partial charge in [-0.25, -0.2) is 4.39 Å². The SMILES string of the molecule is COc1cccc(NC(=O)[C@H](C)[NH+]2CC[NH+](CC(=O)Nc3ccc(F)cc3)CC2)c1. The van der Waals surface area contributed by atoms with Crippen LogP contribution in [0.15, 0.2) is 48.5 Å². The van der Waals surface area contributed by atoms with Crippen molar-refractivity contribution in [1.29, 1.82) is 0 Å². The van der Waals surface area contributed by atoms with Crippen LogP contribution in [0, 0.1) is 5.82 Å². The first-order valence-corrected chi connectivity index (χ1v) is 10.1. The summed E-state index contributed by atoms with van der Waals surface area (Å²) >= 11 is 0. The van der Waals surface area contributed by atoms with Gasteiger partial charge in [0.25, 0.3) is 11.8 Å². The van der Waals surface area contributed by atoms with Gasteiger partial charge in [0.1, 0.15) is 37.7 Å². The fourth-order valence-electron chi connectivity index (χ4n) is 3.64. The molecule has 1 aliphatic heterocycles. The van der Waals surface area contributed by atoms with Crippen molar-refractivity contribution < 1.29 is 28.5 Å². The molecule has 2 amide bonds. The topological polar surface area (TPSA) is 76.3 Å². The molecule has 0 saturated carbocycles. The molecule has 7 nitrogen and oxygen atoms in total. The highest BCUT2D eigenvalue weighted by atomic mass is 19.1. The lowest BCUT2D eigenvalue weighted by Gasteiger charge is -2.32. The minimum atomic E-state index is -0.331. The minimum absolute atomic E-state index is 0.0317. The molecule has 1 fully saturated rings. The van der Waals surface area contributed by atoms with Gasteiger partial charge < -0.3 is 25.2 Å². The third-order valence-electron chi connectivity index (χ3n) is 5.48. The maximum atomic E-state index is 13.0. The molecular formula is C22H29FN4O3+2. The smallest absolute Gasteiger partial charge is 0.282 e. The Balaban J connectivity index is 1.44. The highest BCUT2D eigenvalue weighted by Gasteiger charge is 2.31. The zero-order valence-electron chi connectivity index (χ0n) is 17.3. The number of hydrogen-bond acceptors (Lipinski definition) is 3. The summed E-state index contributed by atoms with van der Waals surface area (Å²) in [5.41, 5.74) is 1.31. The number of rotatable bonds is 7. The van der Waals surface area contributed by atoms with E-state index in [1.165, 1.54) is 21.9 Å². The third kappa shape index (κ3) is 6.01. The number of quaternary nitrogens is 2. The molecule has 0 spiro atoms. The van der Waals surface area contributed by atoms with Gasteiger partial charge in [-0.3, -0.25) is 9.59 Å². The summed E-state index contributed by atoms with van der Waals surface area (Å²) in [6.45, 7) is 5.52. The lowest BCUT2D eigenvalue weighted by molar-refractivity contribution is -1.01. The van der Waals surface area contributed by atoms with Crippen molar-refractivity contribution in [3.8, 4) is 5.75 Å². The van der Waals surface area contributed by atoms with E-state index in [2.05, 4.69) is 10.6 Å². The molecule has 3 rings (SSSR count). The number of nitrogens with one attached hydrogen (secondary N) is 4. The Morgan fingerprint density at radius 2 is 1.73 bits per heavy atom. The number of amides is 2. The summed E-state index contributed by atoms with van der Waals surface area (Å²) in [7, 11) is 1.59. The minimum Gasteiger partial charge on any atom is -0.497 e. The van der Waals surface area contributed by atoms with E-state index in [0.717, 1.165) is 26.2 Å². The molecule has 160 valence electrons. The molecule has 4 N–H and O–H groups in total. The predicted octanol–water partition coefficient (Wildman–Crippen LogP) is -0.417. The van der Waals surface area contributed by atoms with Crippen LogP contribution in [0.5, 0.6) is 5.75 Å². The Kier molecular flexibility index (Phi) is 7.37. The van der Waals surface area contributed by atoms with Crippen molar-refractivity contribution in [3.63, 3.8) is 0 Å². The van der Waals surface area contributed by atoms with Crippen LogP contribution in [0.2, 0.25) is 0 Å². The van der Waals surface area contributed by atoms with Gasteiger partial charge in [-0.2, -0.15) is 0 Å². The molecule has 0 unspecified atom stereocenters. The van der Waals surface area contributed by atoms with Gasteiger partial charge in [0, 0.05) is 17.4 Å². The van der Waals surface area contributed by atoms with Crippen molar-refractivity contribution in [3.05, 3.63) is 54.3 Å². The van der Waals surface area contributed by atoms with Crippen LogP contribution >= 0.6 is 0 Å². The normalized spacial score (nSPS) is 19.6. The molecule has 2 aromatic carbocycles. The number of methoxy groups -OCH3 is 1. The average molecular weight is 416 g/mol. The number of anilines is 2. The summed E-state index contributed by atoms with van der Waals surface area (Å²) in [4.78, 5) is 27.3. The van der Waals surface area contributed by atoms with Gasteiger partial charge >= 0.3 is 0 Å². The number of ether oxygens (including phenoxy) is 1. The highest BCUT2D eigenvalue weighted by molar-refractivity contribution is 5.93. The van der Waals surface area contributed by atoms with Crippen molar-refractivity contribution in [2.24, 2.45) is 0 Å². The fraction of sp³-hybridized carbons (Fsp3) is 0.364. The molecule has 0 aromatic heterocycles. The van der Waals surface area contributed by atoms with E-state index >= 15 is 0 Å². The highest BCUT2D eigenvalue weighted by Crippen LogP contribution is 2.16.